The van der Waals surface area contributed by atoms with Crippen molar-refractivity contribution < 1.29 is 9.47 Å². The Bertz CT molecular complexity index is 5140. The number of nitrogens with zero attached hydrogens (tertiary/aromatic N) is 6. The van der Waals surface area contributed by atoms with E-state index in [0.717, 1.165) is 34.2 Å². The first-order valence-corrected chi connectivity index (χ1v) is 32.9. The molecule has 0 unspecified atom stereocenters. The van der Waals surface area contributed by atoms with Gasteiger partial charge in [-0.3, -0.25) is 0 Å². The Labute approximate surface area is 577 Å². The monoisotopic (exact) mass is 1280 g/mol. The summed E-state index contributed by atoms with van der Waals surface area (Å²) >= 11 is 0. The fourth-order valence-electron chi connectivity index (χ4n) is 12.2. The Balaban J connectivity index is 0.000000124. The predicted octanol–water partition coefficient (Wildman–Crippen LogP) is 23.5. The van der Waals surface area contributed by atoms with Gasteiger partial charge in [0, 0.05) is 125 Å². The number of hydrogen-bond donors (Lipinski definition) is 0. The molecular formula is C90H82N6O2. The minimum absolute atomic E-state index is 0.681. The maximum Gasteiger partial charge on any atom is 0.120 e. The highest BCUT2D eigenvalue weighted by Gasteiger charge is 2.13. The Morgan fingerprint density at radius 1 is 0.245 bits per heavy atom. The highest BCUT2D eigenvalue weighted by Crippen LogP contribution is 2.37. The maximum atomic E-state index is 8.86. The van der Waals surface area contributed by atoms with E-state index in [1.54, 1.807) is 14.2 Å². The molecule has 484 valence electrons. The first-order chi connectivity index (χ1) is 47.9. The van der Waals surface area contributed by atoms with E-state index < -0.39 is 0 Å². The van der Waals surface area contributed by atoms with Crippen LogP contribution in [0.25, 0.3) is 53.9 Å². The Morgan fingerprint density at radius 3 is 0.847 bits per heavy atom. The average molecular weight is 1280 g/mol. The number of benzene rings is 15. The van der Waals surface area contributed by atoms with E-state index >= 15 is 0 Å². The zero-order valence-corrected chi connectivity index (χ0v) is 57.3. The number of methoxy groups -OCH3 is 2. The molecule has 0 aliphatic heterocycles. The number of ether oxygens (including phenoxy) is 2. The van der Waals surface area contributed by atoms with E-state index in [4.69, 9.17) is 14.7 Å². The fraction of sp³-hybridized carbons (Fsp3) is 0.100. The van der Waals surface area contributed by atoms with Crippen LogP contribution in [0.5, 0.6) is 11.5 Å². The minimum Gasteiger partial charge on any atom is -0.497 e. The van der Waals surface area contributed by atoms with Crippen LogP contribution in [0.3, 0.4) is 0 Å². The van der Waals surface area contributed by atoms with E-state index in [1.165, 1.54) is 99.1 Å². The molecule has 0 heterocycles. The van der Waals surface area contributed by atoms with E-state index in [0.29, 0.717) is 5.56 Å². The summed E-state index contributed by atoms with van der Waals surface area (Å²) in [6, 6.07) is 117. The van der Waals surface area contributed by atoms with Crippen molar-refractivity contribution in [3.63, 3.8) is 0 Å². The van der Waals surface area contributed by atoms with Crippen LogP contribution in [0.4, 0.5) is 56.9 Å². The van der Waals surface area contributed by atoms with E-state index in [1.807, 2.05) is 67.7 Å². The predicted molar refractivity (Wildman–Crippen MR) is 420 cm³/mol. The molecule has 8 heteroatoms. The minimum atomic E-state index is 0.681. The van der Waals surface area contributed by atoms with Gasteiger partial charge in [-0.1, -0.05) is 218 Å². The van der Waals surface area contributed by atoms with E-state index in [2.05, 4.69) is 346 Å². The van der Waals surface area contributed by atoms with Crippen molar-refractivity contribution in [2.75, 3.05) is 74.0 Å². The summed E-state index contributed by atoms with van der Waals surface area (Å²) in [6.45, 7) is 4.24. The number of rotatable bonds is 12. The van der Waals surface area contributed by atoms with Crippen molar-refractivity contribution in [3.8, 4) is 17.6 Å². The lowest BCUT2D eigenvalue weighted by molar-refractivity contribution is 0.415. The molecule has 0 spiro atoms. The second kappa shape index (κ2) is 32.2. The lowest BCUT2D eigenvalue weighted by Gasteiger charge is -2.22. The van der Waals surface area contributed by atoms with Gasteiger partial charge in [-0.05, 0) is 162 Å². The average Bonchev–Trinajstić information content (AvgIpc) is 0.898. The first kappa shape index (κ1) is 67.1. The van der Waals surface area contributed by atoms with Crippen LogP contribution in [0, 0.1) is 25.2 Å². The topological polar surface area (TPSA) is 58.5 Å². The molecule has 98 heavy (non-hydrogen) atoms. The summed E-state index contributed by atoms with van der Waals surface area (Å²) < 4.78 is 10.5. The molecule has 0 saturated carbocycles. The smallest absolute Gasteiger partial charge is 0.120 e. The number of aryl methyl sites for hydroxylation is 2. The zero-order chi connectivity index (χ0) is 68.3. The molecule has 0 amide bonds. The number of hydrogen-bond acceptors (Lipinski definition) is 8. The Kier molecular flexibility index (Phi) is 22.1. The van der Waals surface area contributed by atoms with Gasteiger partial charge in [-0.2, -0.15) is 5.26 Å². The molecule has 0 atom stereocenters. The number of anilines is 10. The summed E-state index contributed by atoms with van der Waals surface area (Å²) in [4.78, 5) is 11.0. The van der Waals surface area contributed by atoms with Crippen molar-refractivity contribution in [2.45, 2.75) is 13.8 Å². The maximum absolute atomic E-state index is 8.86. The third kappa shape index (κ3) is 16.1. The Morgan fingerprint density at radius 2 is 0.520 bits per heavy atom. The van der Waals surface area contributed by atoms with Gasteiger partial charge in [0.2, 0.25) is 0 Å². The molecule has 0 radical (unpaired) electrons. The molecule has 0 saturated heterocycles. The lowest BCUT2D eigenvalue weighted by Crippen LogP contribution is -2.09. The van der Waals surface area contributed by atoms with Gasteiger partial charge in [0.05, 0.1) is 25.9 Å². The van der Waals surface area contributed by atoms with Crippen LogP contribution >= 0.6 is 0 Å². The van der Waals surface area contributed by atoms with Gasteiger partial charge in [0.1, 0.15) is 11.5 Å². The van der Waals surface area contributed by atoms with E-state index in [-0.39, 0.29) is 0 Å². The largest absolute Gasteiger partial charge is 0.497 e. The highest BCUT2D eigenvalue weighted by atomic mass is 16.5. The molecule has 15 rings (SSSR count). The lowest BCUT2D eigenvalue weighted by atomic mass is 10.1. The van der Waals surface area contributed by atoms with Gasteiger partial charge in [0.15, 0.2) is 0 Å². The standard InChI is InChI=1S/C18H14N2.2C18H17NO.2C18H17N/c1-20(16-11-9-14(13-19)10-12-16)18-8-4-6-15-5-2-3-7-17(15)18;1-19(15-9-6-10-16(13-15)20-2)18-12-5-8-14-7-3-4-11-17(14)18;1-19(15-10-12-16(20-2)13-11-15)18-9-5-7-14-6-3-4-8-17(14)18;1-14-7-5-10-16(13-14)19(2)18-12-6-9-15-8-3-4-11-17(15)18;1-14-10-12-16(13-11-14)19(2)18-9-5-7-15-6-3-4-8-17(15)18/h2-12H,1H3;2*3-13H,1-2H3;2*3-13H,1-2H3. The van der Waals surface area contributed by atoms with Gasteiger partial charge >= 0.3 is 0 Å². The van der Waals surface area contributed by atoms with Gasteiger partial charge in [0.25, 0.3) is 0 Å². The highest BCUT2D eigenvalue weighted by molar-refractivity contribution is 6.00. The molecule has 0 aliphatic carbocycles. The zero-order valence-electron chi connectivity index (χ0n) is 57.3. The summed E-state index contributed by atoms with van der Waals surface area (Å²) in [7, 11) is 13.8. The first-order valence-electron chi connectivity index (χ1n) is 32.9. The quantitative estimate of drug-likeness (QED) is 0.120. The third-order valence-electron chi connectivity index (χ3n) is 17.7. The third-order valence-corrected chi connectivity index (χ3v) is 17.7. The van der Waals surface area contributed by atoms with Crippen molar-refractivity contribution in [1.82, 2.24) is 0 Å². The Hall–Kier alpha value is -12.3. The number of nitriles is 1. The summed E-state index contributed by atoms with van der Waals surface area (Å²) in [5.41, 5.74) is 15.0. The van der Waals surface area contributed by atoms with Crippen molar-refractivity contribution in [3.05, 3.63) is 350 Å². The second-order valence-corrected chi connectivity index (χ2v) is 24.0. The molecule has 8 nitrogen and oxygen atoms in total. The molecule has 0 bridgehead atoms. The molecule has 15 aromatic rings. The summed E-state index contributed by atoms with van der Waals surface area (Å²) in [6.07, 6.45) is 0. The van der Waals surface area contributed by atoms with Crippen LogP contribution in [0.15, 0.2) is 334 Å². The van der Waals surface area contributed by atoms with Crippen molar-refractivity contribution in [1.29, 1.82) is 5.26 Å². The van der Waals surface area contributed by atoms with Gasteiger partial charge < -0.3 is 34.0 Å². The molecule has 0 aromatic heterocycles. The van der Waals surface area contributed by atoms with Crippen LogP contribution < -0.4 is 34.0 Å². The normalized spacial score (nSPS) is 10.5. The van der Waals surface area contributed by atoms with Gasteiger partial charge in [-0.15, -0.1) is 0 Å². The number of fused-ring (bicyclic) bond motifs is 5. The van der Waals surface area contributed by atoms with Crippen LogP contribution in [0.1, 0.15) is 16.7 Å². The van der Waals surface area contributed by atoms with Crippen LogP contribution in [-0.2, 0) is 0 Å². The van der Waals surface area contributed by atoms with Crippen molar-refractivity contribution >= 4 is 111 Å². The SMILES string of the molecule is CN(c1ccc(C#N)cc1)c1cccc2ccccc12.COc1ccc(N(C)c2cccc3ccccc23)cc1.COc1cccc(N(C)c2cccc3ccccc23)c1.Cc1ccc(N(C)c2cccc3ccccc23)cc1.Cc1cccc(N(C)c2cccc3ccccc23)c1. The van der Waals surface area contributed by atoms with Crippen LogP contribution in [-0.4, -0.2) is 49.5 Å². The molecule has 0 fully saturated rings. The van der Waals surface area contributed by atoms with E-state index in [9.17, 15) is 0 Å². The molecule has 0 N–H and O–H groups in total. The summed E-state index contributed by atoms with van der Waals surface area (Å²) in [5.74, 6) is 1.75. The van der Waals surface area contributed by atoms with Crippen LogP contribution in [0.2, 0.25) is 0 Å². The molecular weight excluding hydrogens is 1200 g/mol. The van der Waals surface area contributed by atoms with Gasteiger partial charge in [-0.25, -0.2) is 0 Å². The molecule has 0 aliphatic rings. The fourth-order valence-corrected chi connectivity index (χ4v) is 12.2. The summed E-state index contributed by atoms with van der Waals surface area (Å²) in [5, 5.41) is 21.5. The second-order valence-electron chi connectivity index (χ2n) is 24.0. The molecule has 15 aromatic carbocycles. The van der Waals surface area contributed by atoms with Crippen molar-refractivity contribution in [2.24, 2.45) is 0 Å².